The first-order chi connectivity index (χ1) is 7.51. The van der Waals surface area contributed by atoms with Crippen LogP contribution in [0, 0.1) is 0 Å². The van der Waals surface area contributed by atoms with Gasteiger partial charge >= 0.3 is 5.90 Å². The molecule has 94 valence electrons. The maximum absolute atomic E-state index is 9.64. The summed E-state index contributed by atoms with van der Waals surface area (Å²) in [5, 5.41) is 45.7. The highest BCUT2D eigenvalue weighted by Gasteiger charge is 2.47. The van der Waals surface area contributed by atoms with Crippen molar-refractivity contribution in [2.24, 2.45) is 0 Å². The van der Waals surface area contributed by atoms with Crippen LogP contribution in [0.1, 0.15) is 6.92 Å². The average Bonchev–Trinajstić information content (AvgIpc) is 2.28. The third kappa shape index (κ3) is 2.67. The van der Waals surface area contributed by atoms with Crippen LogP contribution in [-0.4, -0.2) is 68.8 Å². The standard InChI is InChI=1S/C8H15NO7/c1-3(16-14)9-5-7(12)6(11)4(2-10)15-8(5)13/h4-8,10-14H,2H2,1H3/p+1/t4-,5-,6+,7-,8-/m1/s1. The summed E-state index contributed by atoms with van der Waals surface area (Å²) in [6, 6.07) is -1.06. The molecule has 8 nitrogen and oxygen atoms in total. The van der Waals surface area contributed by atoms with Gasteiger partial charge in [0.2, 0.25) is 12.3 Å². The first-order valence-corrected chi connectivity index (χ1v) is 4.73. The van der Waals surface area contributed by atoms with Gasteiger partial charge in [0.15, 0.2) is 0 Å². The van der Waals surface area contributed by atoms with Crippen LogP contribution in [-0.2, 0) is 9.62 Å². The largest absolute Gasteiger partial charge is 0.394 e. The quantitative estimate of drug-likeness (QED) is 0.124. The highest BCUT2D eigenvalue weighted by Crippen LogP contribution is 2.17. The summed E-state index contributed by atoms with van der Waals surface area (Å²) in [4.78, 5) is 6.26. The molecule has 1 aliphatic rings. The predicted octanol–water partition coefficient (Wildman–Crippen LogP) is -4.23. The Balaban J connectivity index is 2.79. The summed E-state index contributed by atoms with van der Waals surface area (Å²) in [6.45, 7) is 0.825. The van der Waals surface area contributed by atoms with Crippen LogP contribution in [0.4, 0.5) is 0 Å². The number of aliphatic hydroxyl groups is 4. The van der Waals surface area contributed by atoms with Crippen LogP contribution in [0.25, 0.3) is 0 Å². The van der Waals surface area contributed by atoms with Crippen LogP contribution in [0.5, 0.6) is 0 Å². The van der Waals surface area contributed by atoms with Gasteiger partial charge in [0, 0.05) is 0 Å². The minimum atomic E-state index is -1.44. The van der Waals surface area contributed by atoms with Gasteiger partial charge in [0.25, 0.3) is 0 Å². The Hall–Kier alpha value is -0.770. The first-order valence-electron chi connectivity index (χ1n) is 4.73. The lowest BCUT2D eigenvalue weighted by Gasteiger charge is -2.35. The van der Waals surface area contributed by atoms with Crippen LogP contribution >= 0.6 is 0 Å². The van der Waals surface area contributed by atoms with E-state index in [9.17, 15) is 15.3 Å². The molecular formula is C8H16NO7+. The lowest BCUT2D eigenvalue weighted by molar-refractivity contribution is -0.572. The second-order valence-electron chi connectivity index (χ2n) is 3.55. The molecular weight excluding hydrogens is 222 g/mol. The van der Waals surface area contributed by atoms with Gasteiger partial charge < -0.3 is 25.2 Å². The zero-order valence-electron chi connectivity index (χ0n) is 8.65. The third-order valence-corrected chi connectivity index (χ3v) is 2.41. The topological polar surface area (TPSA) is 134 Å². The SMILES string of the molecule is CC(=[NH+][C@@H]1[C@@H](O)[C@@H](O)[C@@H](CO)O[C@H]1O)OO. The van der Waals surface area contributed by atoms with Crippen molar-refractivity contribution in [1.29, 1.82) is 0 Å². The highest BCUT2D eigenvalue weighted by molar-refractivity contribution is 5.65. The average molecular weight is 238 g/mol. The number of nitrogens with one attached hydrogen (secondary N) is 1. The Morgan fingerprint density at radius 2 is 1.94 bits per heavy atom. The minimum Gasteiger partial charge on any atom is -0.394 e. The van der Waals surface area contributed by atoms with E-state index in [4.69, 9.17) is 15.1 Å². The van der Waals surface area contributed by atoms with Crippen LogP contribution in [0.3, 0.4) is 0 Å². The third-order valence-electron chi connectivity index (χ3n) is 2.41. The van der Waals surface area contributed by atoms with E-state index < -0.39 is 37.3 Å². The fourth-order valence-corrected chi connectivity index (χ4v) is 1.51. The highest BCUT2D eigenvalue weighted by atomic mass is 17.1. The molecule has 1 fully saturated rings. The van der Waals surface area contributed by atoms with Crippen molar-refractivity contribution < 1.29 is 40.3 Å². The Labute approximate surface area is 91.3 Å². The number of ether oxygens (including phenoxy) is 1. The molecule has 0 aromatic carbocycles. The van der Waals surface area contributed by atoms with E-state index in [2.05, 4.69) is 9.88 Å². The van der Waals surface area contributed by atoms with Crippen molar-refractivity contribution in [3.63, 3.8) is 0 Å². The maximum atomic E-state index is 9.64. The lowest BCUT2D eigenvalue weighted by Crippen LogP contribution is -2.89. The number of hydrogen-bond acceptors (Lipinski definition) is 7. The van der Waals surface area contributed by atoms with Gasteiger partial charge in [-0.25, -0.2) is 4.99 Å². The zero-order chi connectivity index (χ0) is 12.3. The van der Waals surface area contributed by atoms with Gasteiger partial charge in [-0.15, -0.1) is 0 Å². The van der Waals surface area contributed by atoms with E-state index in [0.29, 0.717) is 0 Å². The molecule has 0 amide bonds. The number of aliphatic hydroxyl groups excluding tert-OH is 4. The molecule has 0 radical (unpaired) electrons. The van der Waals surface area contributed by atoms with E-state index in [1.165, 1.54) is 6.92 Å². The molecule has 16 heavy (non-hydrogen) atoms. The molecule has 1 heterocycles. The maximum Gasteiger partial charge on any atom is 0.365 e. The molecule has 5 atom stereocenters. The van der Waals surface area contributed by atoms with E-state index in [-0.39, 0.29) is 5.90 Å². The van der Waals surface area contributed by atoms with Crippen LogP contribution in [0.15, 0.2) is 0 Å². The van der Waals surface area contributed by atoms with E-state index in [1.54, 1.807) is 0 Å². The molecule has 1 saturated heterocycles. The second-order valence-corrected chi connectivity index (χ2v) is 3.55. The van der Waals surface area contributed by atoms with Crippen molar-refractivity contribution in [2.45, 2.75) is 37.6 Å². The van der Waals surface area contributed by atoms with Crippen molar-refractivity contribution in [3.05, 3.63) is 0 Å². The first kappa shape index (κ1) is 13.3. The number of rotatable bonds is 2. The van der Waals surface area contributed by atoms with Crippen molar-refractivity contribution in [2.75, 3.05) is 6.61 Å². The molecule has 0 unspecified atom stereocenters. The fourth-order valence-electron chi connectivity index (χ4n) is 1.51. The van der Waals surface area contributed by atoms with Gasteiger partial charge in [0.1, 0.15) is 18.3 Å². The molecule has 0 aliphatic carbocycles. The normalized spacial score (nSPS) is 40.9. The fraction of sp³-hybridized carbons (Fsp3) is 0.875. The second kappa shape index (κ2) is 5.53. The molecule has 0 aromatic heterocycles. The summed E-state index contributed by atoms with van der Waals surface area (Å²) in [5.74, 6) is -0.0682. The summed E-state index contributed by atoms with van der Waals surface area (Å²) in [7, 11) is 0. The monoisotopic (exact) mass is 238 g/mol. The molecule has 0 bridgehead atoms. The molecule has 0 spiro atoms. The molecule has 1 aliphatic heterocycles. The van der Waals surface area contributed by atoms with E-state index in [0.717, 1.165) is 0 Å². The number of hydrogen-bond donors (Lipinski definition) is 6. The molecule has 0 saturated carbocycles. The van der Waals surface area contributed by atoms with Crippen molar-refractivity contribution >= 4 is 5.90 Å². The summed E-state index contributed by atoms with van der Waals surface area (Å²) in [6.07, 6.45) is -5.22. The van der Waals surface area contributed by atoms with Gasteiger partial charge in [-0.2, -0.15) is 5.26 Å². The van der Waals surface area contributed by atoms with Crippen LogP contribution < -0.4 is 4.99 Å². The zero-order valence-corrected chi connectivity index (χ0v) is 8.65. The molecule has 8 heteroatoms. The minimum absolute atomic E-state index is 0.0682. The Bertz CT molecular complexity index is 259. The molecule has 6 N–H and O–H groups in total. The van der Waals surface area contributed by atoms with Crippen molar-refractivity contribution in [3.8, 4) is 0 Å². The van der Waals surface area contributed by atoms with Gasteiger partial charge in [-0.05, 0) is 0 Å². The Morgan fingerprint density at radius 1 is 1.31 bits per heavy atom. The Morgan fingerprint density at radius 3 is 2.44 bits per heavy atom. The van der Waals surface area contributed by atoms with Crippen molar-refractivity contribution in [1.82, 2.24) is 0 Å². The summed E-state index contributed by atoms with van der Waals surface area (Å²) in [5.41, 5.74) is 0. The summed E-state index contributed by atoms with van der Waals surface area (Å²) >= 11 is 0. The van der Waals surface area contributed by atoms with Gasteiger partial charge in [-0.1, -0.05) is 0 Å². The van der Waals surface area contributed by atoms with E-state index >= 15 is 0 Å². The van der Waals surface area contributed by atoms with Gasteiger partial charge in [-0.3, -0.25) is 4.89 Å². The molecule has 0 aromatic rings. The van der Waals surface area contributed by atoms with E-state index in [1.807, 2.05) is 0 Å². The lowest BCUT2D eigenvalue weighted by atomic mass is 9.97. The Kier molecular flexibility index (Phi) is 4.59. The molecule has 1 rings (SSSR count). The predicted molar refractivity (Wildman–Crippen MR) is 49.1 cm³/mol. The summed E-state index contributed by atoms with van der Waals surface area (Å²) < 4.78 is 4.86. The smallest absolute Gasteiger partial charge is 0.365 e. The van der Waals surface area contributed by atoms with Gasteiger partial charge in [0.05, 0.1) is 13.5 Å². The van der Waals surface area contributed by atoms with Crippen LogP contribution in [0.2, 0.25) is 0 Å².